The second-order valence-corrected chi connectivity index (χ2v) is 6.20. The molecule has 1 aromatic carbocycles. The Bertz CT molecular complexity index is 753. The second-order valence-electron chi connectivity index (χ2n) is 6.20. The minimum atomic E-state index is -0.413. The summed E-state index contributed by atoms with van der Waals surface area (Å²) in [6.45, 7) is 1.82. The fourth-order valence-corrected chi connectivity index (χ4v) is 3.41. The van der Waals surface area contributed by atoms with E-state index in [4.69, 9.17) is 0 Å². The number of piperazine rings is 1. The zero-order valence-electron chi connectivity index (χ0n) is 14.2. The maximum atomic E-state index is 12.7. The van der Waals surface area contributed by atoms with Crippen molar-refractivity contribution in [3.05, 3.63) is 36.0 Å². The van der Waals surface area contributed by atoms with Crippen molar-refractivity contribution in [1.29, 1.82) is 0 Å². The summed E-state index contributed by atoms with van der Waals surface area (Å²) in [6, 6.07) is 7.80. The molecule has 0 spiro atoms. The molecule has 6 nitrogen and oxygen atoms in total. The zero-order chi connectivity index (χ0) is 17.1. The number of carbonyl (C=O) groups excluding carboxylic acids is 2. The monoisotopic (exact) mass is 328 g/mol. The molecule has 1 aromatic heterocycles. The third-order valence-corrected chi connectivity index (χ3v) is 4.70. The summed E-state index contributed by atoms with van der Waals surface area (Å²) in [5, 5.41) is 7.01. The van der Waals surface area contributed by atoms with E-state index in [1.165, 1.54) is 16.5 Å². The van der Waals surface area contributed by atoms with Crippen LogP contribution in [0.2, 0.25) is 0 Å². The van der Waals surface area contributed by atoms with Gasteiger partial charge in [-0.15, -0.1) is 0 Å². The molecule has 1 aliphatic rings. The van der Waals surface area contributed by atoms with Gasteiger partial charge in [0.2, 0.25) is 11.8 Å². The molecule has 1 saturated heterocycles. The van der Waals surface area contributed by atoms with Crippen LogP contribution in [0, 0.1) is 0 Å². The quantitative estimate of drug-likeness (QED) is 0.866. The van der Waals surface area contributed by atoms with Crippen molar-refractivity contribution in [3.8, 4) is 0 Å². The highest BCUT2D eigenvalue weighted by Crippen LogP contribution is 2.22. The van der Waals surface area contributed by atoms with Gasteiger partial charge in [0.05, 0.1) is 0 Å². The Morgan fingerprint density at radius 1 is 1.33 bits per heavy atom. The fraction of sp³-hybridized carbons (Fsp3) is 0.444. The average Bonchev–Trinajstić information content (AvgIpc) is 2.95. The third kappa shape index (κ3) is 3.14. The molecule has 1 atom stereocenters. The largest absolute Gasteiger partial charge is 0.357 e. The van der Waals surface area contributed by atoms with E-state index in [2.05, 4.69) is 33.5 Å². The van der Waals surface area contributed by atoms with Gasteiger partial charge in [-0.3, -0.25) is 9.59 Å². The summed E-state index contributed by atoms with van der Waals surface area (Å²) in [6.07, 6.45) is 3.19. The number of aromatic nitrogens is 1. The summed E-state index contributed by atoms with van der Waals surface area (Å²) >= 11 is 0. The first-order valence-electron chi connectivity index (χ1n) is 8.36. The highest BCUT2D eigenvalue weighted by atomic mass is 16.2. The number of amides is 2. The van der Waals surface area contributed by atoms with E-state index >= 15 is 0 Å². The van der Waals surface area contributed by atoms with Crippen molar-refractivity contribution < 1.29 is 9.59 Å². The molecular formula is C18H24N4O2. The van der Waals surface area contributed by atoms with Gasteiger partial charge in [0.15, 0.2) is 0 Å². The van der Waals surface area contributed by atoms with E-state index in [0.717, 1.165) is 6.54 Å². The summed E-state index contributed by atoms with van der Waals surface area (Å²) in [5.74, 6) is -0.0706. The first kappa shape index (κ1) is 16.5. The number of benzene rings is 1. The molecule has 2 heterocycles. The number of rotatable bonds is 4. The van der Waals surface area contributed by atoms with E-state index < -0.39 is 6.04 Å². The van der Waals surface area contributed by atoms with Crippen LogP contribution in [0.3, 0.4) is 0 Å². The Morgan fingerprint density at radius 2 is 2.12 bits per heavy atom. The molecule has 2 N–H and O–H groups in total. The molecule has 3 rings (SSSR count). The first-order valence-corrected chi connectivity index (χ1v) is 8.36. The van der Waals surface area contributed by atoms with Crippen LogP contribution in [-0.2, 0) is 23.1 Å². The van der Waals surface area contributed by atoms with Crippen LogP contribution in [0.15, 0.2) is 30.5 Å². The molecular weight excluding hydrogens is 304 g/mol. The Kier molecular flexibility index (Phi) is 4.85. The predicted octanol–water partition coefficient (Wildman–Crippen LogP) is 0.657. The number of para-hydroxylation sites is 1. The lowest BCUT2D eigenvalue weighted by Crippen LogP contribution is -2.59. The van der Waals surface area contributed by atoms with Gasteiger partial charge in [-0.05, 0) is 18.1 Å². The number of hydrogen-bond donors (Lipinski definition) is 2. The molecule has 1 aliphatic heterocycles. The van der Waals surface area contributed by atoms with Crippen LogP contribution >= 0.6 is 0 Å². The summed E-state index contributed by atoms with van der Waals surface area (Å²) in [7, 11) is 3.63. The number of nitrogens with zero attached hydrogens (tertiary/aromatic N) is 2. The van der Waals surface area contributed by atoms with Gasteiger partial charge in [0.1, 0.15) is 6.04 Å². The third-order valence-electron chi connectivity index (χ3n) is 4.70. The zero-order valence-corrected chi connectivity index (χ0v) is 14.2. The van der Waals surface area contributed by atoms with Crippen molar-refractivity contribution in [2.45, 2.75) is 18.9 Å². The number of hydrogen-bond acceptors (Lipinski definition) is 3. The lowest BCUT2D eigenvalue weighted by Gasteiger charge is -2.35. The van der Waals surface area contributed by atoms with Gasteiger partial charge >= 0.3 is 0 Å². The topological polar surface area (TPSA) is 66.4 Å². The van der Waals surface area contributed by atoms with Crippen molar-refractivity contribution >= 4 is 22.7 Å². The van der Waals surface area contributed by atoms with Crippen LogP contribution in [-0.4, -0.2) is 54.0 Å². The van der Waals surface area contributed by atoms with Gasteiger partial charge in [0.25, 0.3) is 0 Å². The van der Waals surface area contributed by atoms with E-state index in [0.29, 0.717) is 25.9 Å². The summed E-state index contributed by atoms with van der Waals surface area (Å²) in [5.41, 5.74) is 2.35. The summed E-state index contributed by atoms with van der Waals surface area (Å²) < 4.78 is 2.09. The van der Waals surface area contributed by atoms with Crippen LogP contribution in [0.1, 0.15) is 12.0 Å². The lowest BCUT2D eigenvalue weighted by atomic mass is 10.1. The molecule has 0 unspecified atom stereocenters. The Labute approximate surface area is 141 Å². The smallest absolute Gasteiger partial charge is 0.243 e. The van der Waals surface area contributed by atoms with Crippen molar-refractivity contribution in [3.63, 3.8) is 0 Å². The Morgan fingerprint density at radius 3 is 2.92 bits per heavy atom. The molecule has 6 heteroatoms. The Balaban J connectivity index is 1.71. The molecule has 2 aromatic rings. The Hall–Kier alpha value is -2.34. The van der Waals surface area contributed by atoms with Crippen LogP contribution in [0.4, 0.5) is 0 Å². The number of fused-ring (bicyclic) bond motifs is 1. The minimum Gasteiger partial charge on any atom is -0.357 e. The van der Waals surface area contributed by atoms with E-state index in [1.54, 1.807) is 11.9 Å². The van der Waals surface area contributed by atoms with Crippen LogP contribution in [0.25, 0.3) is 10.9 Å². The molecule has 128 valence electrons. The molecule has 0 bridgehead atoms. The van der Waals surface area contributed by atoms with E-state index in [-0.39, 0.29) is 11.8 Å². The molecule has 24 heavy (non-hydrogen) atoms. The number of nitrogens with one attached hydrogen (secondary N) is 2. The lowest BCUT2D eigenvalue weighted by molar-refractivity contribution is -0.141. The maximum Gasteiger partial charge on any atom is 0.243 e. The first-order chi connectivity index (χ1) is 11.6. The van der Waals surface area contributed by atoms with Crippen LogP contribution < -0.4 is 10.6 Å². The summed E-state index contributed by atoms with van der Waals surface area (Å²) in [4.78, 5) is 26.4. The molecule has 0 aliphatic carbocycles. The predicted molar refractivity (Wildman–Crippen MR) is 93.7 cm³/mol. The normalized spacial score (nSPS) is 17.9. The highest BCUT2D eigenvalue weighted by molar-refractivity contribution is 5.89. The average molecular weight is 328 g/mol. The van der Waals surface area contributed by atoms with Gasteiger partial charge in [0, 0.05) is 57.3 Å². The number of aryl methyl sites for hydroxylation is 2. The van der Waals surface area contributed by atoms with Gasteiger partial charge in [-0.25, -0.2) is 0 Å². The second kappa shape index (κ2) is 7.05. The molecule has 0 saturated carbocycles. The standard InChI is InChI=1S/C18H24N4O2/c1-19-18(24)16-11-20-9-10-22(16)17(23)8-7-13-12-21(2)15-6-4-3-5-14(13)15/h3-6,12,16,20H,7-11H2,1-2H3,(H,19,24)/t16-/m0/s1. The molecule has 1 fully saturated rings. The molecule has 0 radical (unpaired) electrons. The number of likely N-dealkylation sites (N-methyl/N-ethyl adjacent to an activating group) is 1. The van der Waals surface area contributed by atoms with Crippen molar-refractivity contribution in [1.82, 2.24) is 20.1 Å². The maximum absolute atomic E-state index is 12.7. The van der Waals surface area contributed by atoms with E-state index in [9.17, 15) is 9.59 Å². The van der Waals surface area contributed by atoms with Crippen molar-refractivity contribution in [2.24, 2.45) is 7.05 Å². The minimum absolute atomic E-state index is 0.0398. The van der Waals surface area contributed by atoms with Crippen LogP contribution in [0.5, 0.6) is 0 Å². The van der Waals surface area contributed by atoms with Gasteiger partial charge < -0.3 is 20.1 Å². The number of carbonyl (C=O) groups is 2. The van der Waals surface area contributed by atoms with Crippen molar-refractivity contribution in [2.75, 3.05) is 26.7 Å². The highest BCUT2D eigenvalue weighted by Gasteiger charge is 2.31. The van der Waals surface area contributed by atoms with E-state index in [1.807, 2.05) is 19.2 Å². The SMILES string of the molecule is CNC(=O)[C@@H]1CNCCN1C(=O)CCc1cn(C)c2ccccc12. The van der Waals surface area contributed by atoms with Gasteiger partial charge in [-0.2, -0.15) is 0 Å². The van der Waals surface area contributed by atoms with Gasteiger partial charge in [-0.1, -0.05) is 18.2 Å². The fourth-order valence-electron chi connectivity index (χ4n) is 3.41. The molecule has 2 amide bonds.